The second kappa shape index (κ2) is 8.67. The number of anilines is 1. The van der Waals surface area contributed by atoms with Crippen LogP contribution in [0.1, 0.15) is 33.6 Å². The van der Waals surface area contributed by atoms with Gasteiger partial charge >= 0.3 is 0 Å². The van der Waals surface area contributed by atoms with E-state index in [-0.39, 0.29) is 0 Å². The van der Waals surface area contributed by atoms with Crippen LogP contribution < -0.4 is 10.1 Å². The number of fused-ring (bicyclic) bond motifs is 1. The fourth-order valence-corrected chi connectivity index (χ4v) is 2.74. The van der Waals surface area contributed by atoms with E-state index in [0.29, 0.717) is 6.04 Å². The van der Waals surface area contributed by atoms with Gasteiger partial charge in [0, 0.05) is 11.4 Å². The lowest BCUT2D eigenvalue weighted by molar-refractivity contribution is 0.295. The van der Waals surface area contributed by atoms with Crippen molar-refractivity contribution in [3.63, 3.8) is 0 Å². The van der Waals surface area contributed by atoms with Crippen LogP contribution in [0.2, 0.25) is 0 Å². The van der Waals surface area contributed by atoms with Crippen molar-refractivity contribution in [1.82, 2.24) is 14.9 Å². The van der Waals surface area contributed by atoms with Gasteiger partial charge in [0.15, 0.2) is 0 Å². The number of nitrogens with zero attached hydrogens (tertiary/aromatic N) is 3. The fraction of sp³-hybridized carbons (Fsp3) is 0.556. The standard InChI is InChI=1S/C18H28N4O/c1-5-22(6-2)11-7-8-14(3)21-18-16-12-15(23-4)9-10-17(16)19-13-20-18/h9-10,12-14H,5-8,11H2,1-4H3,(H,19,20,21). The first kappa shape index (κ1) is 17.5. The van der Waals surface area contributed by atoms with Crippen molar-refractivity contribution in [3.05, 3.63) is 24.5 Å². The minimum atomic E-state index is 0.370. The van der Waals surface area contributed by atoms with Gasteiger partial charge in [0.2, 0.25) is 0 Å². The van der Waals surface area contributed by atoms with E-state index in [1.54, 1.807) is 13.4 Å². The van der Waals surface area contributed by atoms with Crippen molar-refractivity contribution < 1.29 is 4.74 Å². The van der Waals surface area contributed by atoms with Gasteiger partial charge < -0.3 is 15.0 Å². The topological polar surface area (TPSA) is 50.3 Å². The number of aromatic nitrogens is 2. The molecule has 0 aliphatic rings. The third kappa shape index (κ3) is 4.79. The molecule has 2 rings (SSSR count). The molecule has 1 aromatic heterocycles. The molecule has 0 saturated heterocycles. The highest BCUT2D eigenvalue weighted by Crippen LogP contribution is 2.24. The summed E-state index contributed by atoms with van der Waals surface area (Å²) in [5, 5.41) is 4.52. The van der Waals surface area contributed by atoms with Crippen LogP contribution >= 0.6 is 0 Å². The van der Waals surface area contributed by atoms with Crippen LogP contribution in [0, 0.1) is 0 Å². The predicted molar refractivity (Wildman–Crippen MR) is 96.2 cm³/mol. The molecule has 5 nitrogen and oxygen atoms in total. The predicted octanol–water partition coefficient (Wildman–Crippen LogP) is 3.56. The van der Waals surface area contributed by atoms with Crippen LogP contribution in [0.3, 0.4) is 0 Å². The molecule has 1 atom stereocenters. The Morgan fingerprint density at radius 1 is 1.22 bits per heavy atom. The highest BCUT2D eigenvalue weighted by Gasteiger charge is 2.09. The Hall–Kier alpha value is -1.88. The summed E-state index contributed by atoms with van der Waals surface area (Å²) >= 11 is 0. The third-order valence-electron chi connectivity index (χ3n) is 4.23. The molecule has 0 aliphatic heterocycles. The van der Waals surface area contributed by atoms with Gasteiger partial charge in [-0.05, 0) is 57.6 Å². The Balaban J connectivity index is 2.00. The molecule has 126 valence electrons. The normalized spacial score (nSPS) is 12.6. The summed E-state index contributed by atoms with van der Waals surface area (Å²) in [5.74, 6) is 1.70. The summed E-state index contributed by atoms with van der Waals surface area (Å²) in [5.41, 5.74) is 0.929. The van der Waals surface area contributed by atoms with Gasteiger partial charge in [-0.25, -0.2) is 9.97 Å². The van der Waals surface area contributed by atoms with Crippen LogP contribution in [-0.4, -0.2) is 47.7 Å². The Morgan fingerprint density at radius 2 is 2.00 bits per heavy atom. The summed E-state index contributed by atoms with van der Waals surface area (Å²) < 4.78 is 5.31. The maximum atomic E-state index is 5.31. The zero-order chi connectivity index (χ0) is 16.7. The largest absolute Gasteiger partial charge is 0.497 e. The average Bonchev–Trinajstić information content (AvgIpc) is 2.58. The average molecular weight is 316 g/mol. The lowest BCUT2D eigenvalue weighted by atomic mass is 10.1. The van der Waals surface area contributed by atoms with Crippen LogP contribution in [0.25, 0.3) is 10.9 Å². The molecule has 0 spiro atoms. The number of benzene rings is 1. The Kier molecular flexibility index (Phi) is 6.59. The molecule has 1 N–H and O–H groups in total. The van der Waals surface area contributed by atoms with Crippen molar-refractivity contribution in [2.75, 3.05) is 32.1 Å². The van der Waals surface area contributed by atoms with Crippen molar-refractivity contribution in [1.29, 1.82) is 0 Å². The molecule has 0 aliphatic carbocycles. The molecule has 23 heavy (non-hydrogen) atoms. The van der Waals surface area contributed by atoms with E-state index >= 15 is 0 Å². The number of ether oxygens (including phenoxy) is 1. The SMILES string of the molecule is CCN(CC)CCCC(C)Nc1ncnc2ccc(OC)cc12. The number of hydrogen-bond acceptors (Lipinski definition) is 5. The number of hydrogen-bond donors (Lipinski definition) is 1. The maximum absolute atomic E-state index is 5.31. The van der Waals surface area contributed by atoms with E-state index in [4.69, 9.17) is 4.74 Å². The third-order valence-corrected chi connectivity index (χ3v) is 4.23. The van der Waals surface area contributed by atoms with Gasteiger partial charge in [-0.1, -0.05) is 13.8 Å². The van der Waals surface area contributed by atoms with Crippen LogP contribution in [0.15, 0.2) is 24.5 Å². The number of methoxy groups -OCH3 is 1. The highest BCUT2D eigenvalue weighted by atomic mass is 16.5. The van der Waals surface area contributed by atoms with Crippen LogP contribution in [0.5, 0.6) is 5.75 Å². The summed E-state index contributed by atoms with van der Waals surface area (Å²) in [6.07, 6.45) is 3.91. The molecule has 0 amide bonds. The summed E-state index contributed by atoms with van der Waals surface area (Å²) in [4.78, 5) is 11.2. The first-order valence-electron chi connectivity index (χ1n) is 8.45. The molecular formula is C18H28N4O. The molecule has 0 fully saturated rings. The van der Waals surface area contributed by atoms with E-state index in [9.17, 15) is 0 Å². The molecule has 0 saturated carbocycles. The zero-order valence-electron chi connectivity index (χ0n) is 14.7. The van der Waals surface area contributed by atoms with E-state index in [2.05, 4.69) is 41.0 Å². The van der Waals surface area contributed by atoms with E-state index in [0.717, 1.165) is 48.5 Å². The van der Waals surface area contributed by atoms with Crippen molar-refractivity contribution >= 4 is 16.7 Å². The Bertz CT molecular complexity index is 613. The molecule has 1 heterocycles. The molecule has 2 aromatic rings. The molecular weight excluding hydrogens is 288 g/mol. The smallest absolute Gasteiger partial charge is 0.137 e. The second-order valence-corrected chi connectivity index (χ2v) is 5.82. The van der Waals surface area contributed by atoms with Crippen molar-refractivity contribution in [2.24, 2.45) is 0 Å². The van der Waals surface area contributed by atoms with Crippen molar-refractivity contribution in [2.45, 2.75) is 39.7 Å². The Labute approximate surface area is 139 Å². The quantitative estimate of drug-likeness (QED) is 0.766. The monoisotopic (exact) mass is 316 g/mol. The minimum Gasteiger partial charge on any atom is -0.497 e. The zero-order valence-corrected chi connectivity index (χ0v) is 14.7. The summed E-state index contributed by atoms with van der Waals surface area (Å²) in [6.45, 7) is 10.0. The maximum Gasteiger partial charge on any atom is 0.137 e. The minimum absolute atomic E-state index is 0.370. The van der Waals surface area contributed by atoms with E-state index in [1.165, 1.54) is 6.42 Å². The summed E-state index contributed by atoms with van der Waals surface area (Å²) in [6, 6.07) is 6.24. The van der Waals surface area contributed by atoms with Crippen LogP contribution in [-0.2, 0) is 0 Å². The first-order chi connectivity index (χ1) is 11.2. The van der Waals surface area contributed by atoms with Crippen LogP contribution in [0.4, 0.5) is 5.82 Å². The van der Waals surface area contributed by atoms with Gasteiger partial charge in [0.25, 0.3) is 0 Å². The van der Waals surface area contributed by atoms with Gasteiger partial charge in [-0.3, -0.25) is 0 Å². The van der Waals surface area contributed by atoms with Gasteiger partial charge in [0.05, 0.1) is 12.6 Å². The fourth-order valence-electron chi connectivity index (χ4n) is 2.74. The lowest BCUT2D eigenvalue weighted by Gasteiger charge is -2.20. The van der Waals surface area contributed by atoms with Crippen molar-refractivity contribution in [3.8, 4) is 5.75 Å². The molecule has 1 unspecified atom stereocenters. The first-order valence-corrected chi connectivity index (χ1v) is 8.45. The second-order valence-electron chi connectivity index (χ2n) is 5.82. The molecule has 0 radical (unpaired) electrons. The van der Waals surface area contributed by atoms with E-state index < -0.39 is 0 Å². The number of rotatable bonds is 9. The van der Waals surface area contributed by atoms with Gasteiger partial charge in [0.1, 0.15) is 17.9 Å². The summed E-state index contributed by atoms with van der Waals surface area (Å²) in [7, 11) is 1.67. The van der Waals surface area contributed by atoms with Gasteiger partial charge in [-0.2, -0.15) is 0 Å². The number of nitrogens with one attached hydrogen (secondary N) is 1. The molecule has 0 bridgehead atoms. The Morgan fingerprint density at radius 3 is 2.70 bits per heavy atom. The van der Waals surface area contributed by atoms with Gasteiger partial charge in [-0.15, -0.1) is 0 Å². The van der Waals surface area contributed by atoms with E-state index in [1.807, 2.05) is 18.2 Å². The highest BCUT2D eigenvalue weighted by molar-refractivity contribution is 5.90. The lowest BCUT2D eigenvalue weighted by Crippen LogP contribution is -2.25. The molecule has 5 heteroatoms. The molecule has 1 aromatic carbocycles.